The molecular formula is C11H22KLiO4. The van der Waals surface area contributed by atoms with Crippen LogP contribution in [0.25, 0.3) is 0 Å². The van der Waals surface area contributed by atoms with Crippen LogP contribution in [0, 0.1) is 11.3 Å². The normalized spacial score (nSPS) is 10.4. The van der Waals surface area contributed by atoms with Crippen LogP contribution in [0.5, 0.6) is 0 Å². The van der Waals surface area contributed by atoms with Crippen molar-refractivity contribution in [3.8, 4) is 0 Å². The molecule has 0 radical (unpaired) electrons. The third-order valence-electron chi connectivity index (χ3n) is 2.92. The Hall–Kier alpha value is 1.17. The van der Waals surface area contributed by atoms with Crippen molar-refractivity contribution in [3.05, 3.63) is 0 Å². The van der Waals surface area contributed by atoms with E-state index < -0.39 is 23.3 Å². The summed E-state index contributed by atoms with van der Waals surface area (Å²) < 4.78 is 0. The SMILES string of the molecule is CCCCCC(C(=O)O)(C(=O)O)C(C)C.[KH].[LiH]. The number of rotatable bonds is 7. The first-order chi connectivity index (χ1) is 6.89. The first-order valence-electron chi connectivity index (χ1n) is 5.36. The van der Waals surface area contributed by atoms with Gasteiger partial charge in [0, 0.05) is 0 Å². The summed E-state index contributed by atoms with van der Waals surface area (Å²) in [5, 5.41) is 18.2. The van der Waals surface area contributed by atoms with E-state index in [4.69, 9.17) is 10.2 Å². The Morgan fingerprint density at radius 3 is 1.76 bits per heavy atom. The van der Waals surface area contributed by atoms with Crippen molar-refractivity contribution in [2.24, 2.45) is 11.3 Å². The van der Waals surface area contributed by atoms with Crippen LogP contribution < -0.4 is 0 Å². The third kappa shape index (κ3) is 6.24. The minimum absolute atomic E-state index is 0. The van der Waals surface area contributed by atoms with Gasteiger partial charge in [-0.25, -0.2) is 0 Å². The van der Waals surface area contributed by atoms with E-state index in [0.29, 0.717) is 6.42 Å². The fraction of sp³-hybridized carbons (Fsp3) is 0.818. The molecule has 0 aromatic carbocycles. The predicted molar refractivity (Wildman–Crippen MR) is 71.0 cm³/mol. The molecule has 6 heteroatoms. The Morgan fingerprint density at radius 1 is 1.12 bits per heavy atom. The van der Waals surface area contributed by atoms with Crippen molar-refractivity contribution in [2.45, 2.75) is 46.5 Å². The van der Waals surface area contributed by atoms with Gasteiger partial charge in [-0.2, -0.15) is 0 Å². The second-order valence-corrected chi connectivity index (χ2v) is 4.19. The van der Waals surface area contributed by atoms with Crippen LogP contribution in [-0.4, -0.2) is 92.4 Å². The maximum atomic E-state index is 11.1. The quantitative estimate of drug-likeness (QED) is 0.410. The number of carbonyl (C=O) groups is 2. The summed E-state index contributed by atoms with van der Waals surface area (Å²) >= 11 is 0. The van der Waals surface area contributed by atoms with Crippen LogP contribution in [0.4, 0.5) is 0 Å². The monoisotopic (exact) mass is 264 g/mol. The summed E-state index contributed by atoms with van der Waals surface area (Å²) in [7, 11) is 0. The molecule has 0 atom stereocenters. The standard InChI is InChI=1S/C11H20O4.K.Li.2H/c1-4-5-6-7-11(8(2)3,9(12)13)10(14)15;;;;/h8H,4-7H2,1-3H3,(H,12,13)(H,14,15);;;;. The van der Waals surface area contributed by atoms with E-state index in [1.807, 2.05) is 6.92 Å². The molecule has 0 spiro atoms. The van der Waals surface area contributed by atoms with Crippen molar-refractivity contribution < 1.29 is 19.8 Å². The zero-order chi connectivity index (χ0) is 12.1. The van der Waals surface area contributed by atoms with Gasteiger partial charge in [-0.05, 0) is 12.3 Å². The van der Waals surface area contributed by atoms with E-state index in [1.165, 1.54) is 0 Å². The first-order valence-corrected chi connectivity index (χ1v) is 5.36. The van der Waals surface area contributed by atoms with Crippen LogP contribution >= 0.6 is 0 Å². The van der Waals surface area contributed by atoms with Gasteiger partial charge < -0.3 is 10.2 Å². The Balaban J connectivity index is -0.000000980. The summed E-state index contributed by atoms with van der Waals surface area (Å²) in [5.74, 6) is -2.84. The van der Waals surface area contributed by atoms with Gasteiger partial charge in [0.2, 0.25) is 0 Å². The van der Waals surface area contributed by atoms with Crippen molar-refractivity contribution in [3.63, 3.8) is 0 Å². The van der Waals surface area contributed by atoms with E-state index >= 15 is 0 Å². The Bertz CT molecular complexity index is 230. The number of aliphatic carboxylic acids is 2. The predicted octanol–water partition coefficient (Wildman–Crippen LogP) is 1.08. The molecule has 2 N–H and O–H groups in total. The molecule has 0 aliphatic heterocycles. The number of hydrogen-bond acceptors (Lipinski definition) is 2. The van der Waals surface area contributed by atoms with Gasteiger partial charge in [-0.15, -0.1) is 0 Å². The molecule has 0 aliphatic rings. The molecule has 0 fully saturated rings. The Kier molecular flexibility index (Phi) is 15.1. The first kappa shape index (κ1) is 23.3. The second-order valence-electron chi connectivity index (χ2n) is 4.19. The summed E-state index contributed by atoms with van der Waals surface area (Å²) in [4.78, 5) is 22.2. The average Bonchev–Trinajstić information content (AvgIpc) is 2.10. The number of carboxylic acids is 2. The molecule has 92 valence electrons. The molecule has 17 heavy (non-hydrogen) atoms. The van der Waals surface area contributed by atoms with Crippen molar-refractivity contribution >= 4 is 82.2 Å². The molecule has 0 saturated heterocycles. The Labute approximate surface area is 158 Å². The average molecular weight is 264 g/mol. The second kappa shape index (κ2) is 11.0. The van der Waals surface area contributed by atoms with Gasteiger partial charge >= 0.3 is 82.2 Å². The molecular weight excluding hydrogens is 242 g/mol. The van der Waals surface area contributed by atoms with Crippen LogP contribution in [-0.2, 0) is 9.59 Å². The molecule has 0 heterocycles. The van der Waals surface area contributed by atoms with Gasteiger partial charge in [0.15, 0.2) is 5.41 Å². The zero-order valence-electron chi connectivity index (χ0n) is 9.62. The van der Waals surface area contributed by atoms with Gasteiger partial charge in [0.1, 0.15) is 0 Å². The van der Waals surface area contributed by atoms with E-state index in [2.05, 4.69) is 0 Å². The summed E-state index contributed by atoms with van der Waals surface area (Å²) in [6.45, 7) is 5.29. The van der Waals surface area contributed by atoms with Gasteiger partial charge in [-0.3, -0.25) is 9.59 Å². The van der Waals surface area contributed by atoms with Crippen LogP contribution in [0.15, 0.2) is 0 Å². The number of carboxylic acid groups (broad SMARTS) is 2. The zero-order valence-corrected chi connectivity index (χ0v) is 9.62. The third-order valence-corrected chi connectivity index (χ3v) is 2.92. The van der Waals surface area contributed by atoms with E-state index in [1.54, 1.807) is 13.8 Å². The van der Waals surface area contributed by atoms with Gasteiger partial charge in [-0.1, -0.05) is 40.0 Å². The molecule has 0 aromatic heterocycles. The topological polar surface area (TPSA) is 74.6 Å². The summed E-state index contributed by atoms with van der Waals surface area (Å²) in [6.07, 6.45) is 2.68. The fourth-order valence-electron chi connectivity index (χ4n) is 1.74. The van der Waals surface area contributed by atoms with Crippen molar-refractivity contribution in [1.82, 2.24) is 0 Å². The molecule has 0 rings (SSSR count). The van der Waals surface area contributed by atoms with Gasteiger partial charge in [0.25, 0.3) is 0 Å². The molecule has 0 amide bonds. The van der Waals surface area contributed by atoms with E-state index in [-0.39, 0.29) is 76.7 Å². The molecule has 4 nitrogen and oxygen atoms in total. The fourth-order valence-corrected chi connectivity index (χ4v) is 1.74. The van der Waals surface area contributed by atoms with E-state index in [0.717, 1.165) is 12.8 Å². The number of unbranched alkanes of at least 4 members (excludes halogenated alkanes) is 2. The van der Waals surface area contributed by atoms with Crippen molar-refractivity contribution in [2.75, 3.05) is 0 Å². The molecule has 0 unspecified atom stereocenters. The number of hydrogen-bond donors (Lipinski definition) is 2. The van der Waals surface area contributed by atoms with E-state index in [9.17, 15) is 9.59 Å². The van der Waals surface area contributed by atoms with Crippen LogP contribution in [0.2, 0.25) is 0 Å². The molecule has 0 bridgehead atoms. The Morgan fingerprint density at radius 2 is 1.53 bits per heavy atom. The molecule has 0 aromatic rings. The summed E-state index contributed by atoms with van der Waals surface area (Å²) in [6, 6.07) is 0. The van der Waals surface area contributed by atoms with Crippen molar-refractivity contribution in [1.29, 1.82) is 0 Å². The summed E-state index contributed by atoms with van der Waals surface area (Å²) in [5.41, 5.74) is -1.62. The molecule has 0 saturated carbocycles. The van der Waals surface area contributed by atoms with Crippen LogP contribution in [0.1, 0.15) is 46.5 Å². The van der Waals surface area contributed by atoms with Gasteiger partial charge in [0.05, 0.1) is 0 Å². The molecule has 0 aliphatic carbocycles. The van der Waals surface area contributed by atoms with Crippen LogP contribution in [0.3, 0.4) is 0 Å². The maximum absolute atomic E-state index is 11.1. The minimum atomic E-state index is -1.62.